The van der Waals surface area contributed by atoms with Gasteiger partial charge in [-0.3, -0.25) is 9.59 Å². The van der Waals surface area contributed by atoms with Gasteiger partial charge in [-0.2, -0.15) is 0 Å². The van der Waals surface area contributed by atoms with Crippen molar-refractivity contribution in [2.45, 2.75) is 54.1 Å². The van der Waals surface area contributed by atoms with Gasteiger partial charge in [0, 0.05) is 26.4 Å². The lowest BCUT2D eigenvalue weighted by Crippen LogP contribution is -2.40. The maximum absolute atomic E-state index is 10.6. The van der Waals surface area contributed by atoms with Gasteiger partial charge >= 0.3 is 0 Å². The first-order valence-electron chi connectivity index (χ1n) is 7.18. The molecular formula is C17H28N2O2. The van der Waals surface area contributed by atoms with Crippen LogP contribution < -0.4 is 10.6 Å². The van der Waals surface area contributed by atoms with Gasteiger partial charge in [-0.15, -0.1) is 0 Å². The standard InChI is InChI=1S/C9H11NO.C8H17NO/c1-8(11)10-7-9-5-3-2-4-6-9;1-6(8(3,4)5)9-7(2)10/h2-6H,7H2,1H3,(H,10,11);6H,1-5H3,(H,9,10)/t;6-/m.1/s1. The van der Waals surface area contributed by atoms with E-state index in [1.165, 1.54) is 6.92 Å². The Bertz CT molecular complexity index is 436. The van der Waals surface area contributed by atoms with Gasteiger partial charge in [0.15, 0.2) is 0 Å². The Balaban J connectivity index is 0.000000384. The Hall–Kier alpha value is -1.84. The van der Waals surface area contributed by atoms with E-state index >= 15 is 0 Å². The van der Waals surface area contributed by atoms with Crippen molar-refractivity contribution >= 4 is 11.8 Å². The molecule has 0 aliphatic carbocycles. The van der Waals surface area contributed by atoms with Gasteiger partial charge < -0.3 is 10.6 Å². The predicted molar refractivity (Wildman–Crippen MR) is 86.7 cm³/mol. The molecule has 1 aromatic carbocycles. The molecule has 0 spiro atoms. The number of rotatable bonds is 3. The molecule has 0 saturated carbocycles. The van der Waals surface area contributed by atoms with Gasteiger partial charge in [0.05, 0.1) is 0 Å². The molecule has 0 unspecified atom stereocenters. The number of carbonyl (C=O) groups is 2. The highest BCUT2D eigenvalue weighted by Crippen LogP contribution is 2.17. The van der Waals surface area contributed by atoms with Crippen LogP contribution in [0.25, 0.3) is 0 Å². The van der Waals surface area contributed by atoms with E-state index in [0.29, 0.717) is 6.54 Å². The Kier molecular flexibility index (Phi) is 8.36. The van der Waals surface area contributed by atoms with Crippen molar-refractivity contribution in [1.29, 1.82) is 0 Å². The van der Waals surface area contributed by atoms with Crippen molar-refractivity contribution in [2.24, 2.45) is 5.41 Å². The van der Waals surface area contributed by atoms with Crippen LogP contribution >= 0.6 is 0 Å². The Labute approximate surface area is 128 Å². The molecule has 4 heteroatoms. The highest BCUT2D eigenvalue weighted by atomic mass is 16.2. The summed E-state index contributed by atoms with van der Waals surface area (Å²) in [6.45, 7) is 12.0. The zero-order valence-corrected chi connectivity index (χ0v) is 14.0. The van der Waals surface area contributed by atoms with Gasteiger partial charge in [-0.1, -0.05) is 51.1 Å². The van der Waals surface area contributed by atoms with Crippen LogP contribution in [-0.4, -0.2) is 17.9 Å². The van der Waals surface area contributed by atoms with Crippen LogP contribution in [-0.2, 0) is 16.1 Å². The summed E-state index contributed by atoms with van der Waals surface area (Å²) in [6.07, 6.45) is 0. The molecule has 1 rings (SSSR count). The van der Waals surface area contributed by atoms with Crippen LogP contribution in [0, 0.1) is 5.41 Å². The van der Waals surface area contributed by atoms with Gasteiger partial charge in [0.1, 0.15) is 0 Å². The van der Waals surface area contributed by atoms with Crippen molar-refractivity contribution in [2.75, 3.05) is 0 Å². The molecule has 118 valence electrons. The van der Waals surface area contributed by atoms with Gasteiger partial charge in [-0.25, -0.2) is 0 Å². The molecule has 21 heavy (non-hydrogen) atoms. The summed E-state index contributed by atoms with van der Waals surface area (Å²) in [5.41, 5.74) is 1.29. The zero-order chi connectivity index (χ0) is 16.5. The summed E-state index contributed by atoms with van der Waals surface area (Å²) in [5.74, 6) is 0.0521. The summed E-state index contributed by atoms with van der Waals surface area (Å²) >= 11 is 0. The number of hydrogen-bond donors (Lipinski definition) is 2. The van der Waals surface area contributed by atoms with Crippen molar-refractivity contribution in [3.63, 3.8) is 0 Å². The normalized spacial score (nSPS) is 11.7. The van der Waals surface area contributed by atoms with Gasteiger partial charge in [0.25, 0.3) is 0 Å². The van der Waals surface area contributed by atoms with Crippen molar-refractivity contribution < 1.29 is 9.59 Å². The fraction of sp³-hybridized carbons (Fsp3) is 0.529. The van der Waals surface area contributed by atoms with Crippen LogP contribution in [0.3, 0.4) is 0 Å². The summed E-state index contributed by atoms with van der Waals surface area (Å²) in [5, 5.41) is 5.57. The second kappa shape index (κ2) is 9.16. The molecule has 0 heterocycles. The fourth-order valence-electron chi connectivity index (χ4n) is 1.34. The Morgan fingerprint density at radius 3 is 1.90 bits per heavy atom. The topological polar surface area (TPSA) is 58.2 Å². The molecule has 4 nitrogen and oxygen atoms in total. The summed E-state index contributed by atoms with van der Waals surface area (Å²) < 4.78 is 0. The predicted octanol–water partition coefficient (Wildman–Crippen LogP) is 2.88. The molecule has 0 fully saturated rings. The maximum Gasteiger partial charge on any atom is 0.217 e. The van der Waals surface area contributed by atoms with Crippen molar-refractivity contribution in [3.8, 4) is 0 Å². The maximum atomic E-state index is 10.6. The minimum atomic E-state index is 0.00820. The molecule has 0 radical (unpaired) electrons. The van der Waals surface area contributed by atoms with E-state index < -0.39 is 0 Å². The molecule has 0 aliphatic heterocycles. The highest BCUT2D eigenvalue weighted by Gasteiger charge is 2.19. The minimum absolute atomic E-state index is 0.00820. The first-order chi connectivity index (χ1) is 9.62. The van der Waals surface area contributed by atoms with E-state index in [4.69, 9.17) is 0 Å². The average Bonchev–Trinajstić information content (AvgIpc) is 2.36. The lowest BCUT2D eigenvalue weighted by atomic mass is 9.88. The van der Waals surface area contributed by atoms with Crippen LogP contribution in [0.15, 0.2) is 30.3 Å². The molecule has 0 saturated heterocycles. The fourth-order valence-corrected chi connectivity index (χ4v) is 1.34. The first-order valence-corrected chi connectivity index (χ1v) is 7.18. The van der Waals surface area contributed by atoms with E-state index in [1.807, 2.05) is 37.3 Å². The smallest absolute Gasteiger partial charge is 0.217 e. The molecular weight excluding hydrogens is 264 g/mol. The third-order valence-corrected chi connectivity index (χ3v) is 3.10. The van der Waals surface area contributed by atoms with E-state index in [-0.39, 0.29) is 23.3 Å². The number of nitrogens with one attached hydrogen (secondary N) is 2. The molecule has 0 aliphatic rings. The van der Waals surface area contributed by atoms with E-state index in [9.17, 15) is 9.59 Å². The average molecular weight is 292 g/mol. The number of benzene rings is 1. The highest BCUT2D eigenvalue weighted by molar-refractivity contribution is 5.73. The Morgan fingerprint density at radius 2 is 1.57 bits per heavy atom. The van der Waals surface area contributed by atoms with E-state index in [0.717, 1.165) is 5.56 Å². The summed E-state index contributed by atoms with van der Waals surface area (Å²) in [7, 11) is 0. The van der Waals surface area contributed by atoms with Crippen molar-refractivity contribution in [3.05, 3.63) is 35.9 Å². The van der Waals surface area contributed by atoms with Crippen LogP contribution in [0.4, 0.5) is 0 Å². The van der Waals surface area contributed by atoms with Gasteiger partial charge in [0.2, 0.25) is 11.8 Å². The third-order valence-electron chi connectivity index (χ3n) is 3.10. The second-order valence-electron chi connectivity index (χ2n) is 6.18. The van der Waals surface area contributed by atoms with Gasteiger partial charge in [-0.05, 0) is 17.9 Å². The third kappa shape index (κ3) is 10.6. The SMILES string of the molecule is CC(=O)NCc1ccccc1.CC(=O)N[C@H](C)C(C)(C)C. The molecule has 0 bridgehead atoms. The lowest BCUT2D eigenvalue weighted by molar-refractivity contribution is -0.120. The molecule has 0 aromatic heterocycles. The number of hydrogen-bond acceptors (Lipinski definition) is 2. The molecule has 2 amide bonds. The number of amides is 2. The van der Waals surface area contributed by atoms with E-state index in [2.05, 4.69) is 31.4 Å². The largest absolute Gasteiger partial charge is 0.353 e. The van der Waals surface area contributed by atoms with E-state index in [1.54, 1.807) is 6.92 Å². The first kappa shape index (κ1) is 19.2. The monoisotopic (exact) mass is 292 g/mol. The summed E-state index contributed by atoms with van der Waals surface area (Å²) in [6, 6.07) is 10.1. The second-order valence-corrected chi connectivity index (χ2v) is 6.18. The minimum Gasteiger partial charge on any atom is -0.353 e. The summed E-state index contributed by atoms with van der Waals surface area (Å²) in [4.78, 5) is 21.1. The molecule has 1 atom stereocenters. The Morgan fingerprint density at radius 1 is 1.05 bits per heavy atom. The van der Waals surface area contributed by atoms with Crippen molar-refractivity contribution in [1.82, 2.24) is 10.6 Å². The van der Waals surface area contributed by atoms with Crippen LogP contribution in [0.5, 0.6) is 0 Å². The number of carbonyl (C=O) groups excluding carboxylic acids is 2. The van der Waals surface area contributed by atoms with Crippen LogP contribution in [0.1, 0.15) is 47.1 Å². The zero-order valence-electron chi connectivity index (χ0n) is 14.0. The quantitative estimate of drug-likeness (QED) is 0.900. The molecule has 1 aromatic rings. The van der Waals surface area contributed by atoms with Crippen LogP contribution in [0.2, 0.25) is 0 Å². The molecule has 2 N–H and O–H groups in total. The lowest BCUT2D eigenvalue weighted by Gasteiger charge is -2.27.